The van der Waals surface area contributed by atoms with E-state index in [-0.39, 0.29) is 11.7 Å². The first-order valence-electron chi connectivity index (χ1n) is 5.82. The molecule has 1 rings (SSSR count). The van der Waals surface area contributed by atoms with Gasteiger partial charge in [0.05, 0.1) is 18.5 Å². The molecule has 18 heavy (non-hydrogen) atoms. The highest BCUT2D eigenvalue weighted by Crippen LogP contribution is 2.05. The fraction of sp³-hybridized carbons (Fsp3) is 0.500. The Morgan fingerprint density at radius 1 is 1.44 bits per heavy atom. The van der Waals surface area contributed by atoms with Crippen molar-refractivity contribution in [1.82, 2.24) is 15.6 Å². The Hall–Kier alpha value is -1.66. The van der Waals surface area contributed by atoms with Crippen molar-refractivity contribution in [3.63, 3.8) is 0 Å². The average molecular weight is 253 g/mol. The second-order valence-electron chi connectivity index (χ2n) is 3.78. The molecule has 0 aliphatic rings. The summed E-state index contributed by atoms with van der Waals surface area (Å²) < 4.78 is 4.83. The SMILES string of the molecule is COCCNC(=O)CCNCc1ccc(O)cn1. The number of nitrogens with one attached hydrogen (secondary N) is 2. The van der Waals surface area contributed by atoms with E-state index in [1.807, 2.05) is 0 Å². The fourth-order valence-corrected chi connectivity index (χ4v) is 1.32. The van der Waals surface area contributed by atoms with Gasteiger partial charge in [0.1, 0.15) is 5.75 Å². The zero-order chi connectivity index (χ0) is 13.2. The summed E-state index contributed by atoms with van der Waals surface area (Å²) in [6, 6.07) is 3.32. The minimum absolute atomic E-state index is 0.00165. The molecule has 1 aromatic heterocycles. The van der Waals surface area contributed by atoms with Crippen LogP contribution in [0.4, 0.5) is 0 Å². The normalized spacial score (nSPS) is 10.3. The van der Waals surface area contributed by atoms with Crippen molar-refractivity contribution < 1.29 is 14.6 Å². The third-order valence-electron chi connectivity index (χ3n) is 2.27. The Bertz CT molecular complexity index is 354. The lowest BCUT2D eigenvalue weighted by atomic mass is 10.3. The largest absolute Gasteiger partial charge is 0.506 e. The van der Waals surface area contributed by atoms with E-state index in [1.54, 1.807) is 19.2 Å². The molecule has 0 unspecified atom stereocenters. The average Bonchev–Trinajstić information content (AvgIpc) is 2.37. The van der Waals surface area contributed by atoms with E-state index in [9.17, 15) is 4.79 Å². The number of aromatic hydroxyl groups is 1. The van der Waals surface area contributed by atoms with Gasteiger partial charge in [-0.05, 0) is 12.1 Å². The number of aromatic nitrogens is 1. The van der Waals surface area contributed by atoms with Gasteiger partial charge >= 0.3 is 0 Å². The topological polar surface area (TPSA) is 83.5 Å². The molecule has 1 heterocycles. The Kier molecular flexibility index (Phi) is 6.75. The lowest BCUT2D eigenvalue weighted by Crippen LogP contribution is -2.30. The summed E-state index contributed by atoms with van der Waals surface area (Å²) in [5, 5.41) is 14.9. The molecule has 1 aromatic rings. The van der Waals surface area contributed by atoms with Crippen LogP contribution in [0.1, 0.15) is 12.1 Å². The predicted octanol–water partition coefficient (Wildman–Crippen LogP) is 0.0295. The van der Waals surface area contributed by atoms with Gasteiger partial charge in [-0.3, -0.25) is 9.78 Å². The van der Waals surface area contributed by atoms with Crippen LogP contribution >= 0.6 is 0 Å². The molecule has 0 bridgehead atoms. The quantitative estimate of drug-likeness (QED) is 0.569. The van der Waals surface area contributed by atoms with Crippen LogP contribution in [-0.2, 0) is 16.1 Å². The van der Waals surface area contributed by atoms with Gasteiger partial charge in [-0.1, -0.05) is 0 Å². The Balaban J connectivity index is 2.07. The molecule has 0 aliphatic heterocycles. The Morgan fingerprint density at radius 3 is 2.94 bits per heavy atom. The second kappa shape index (κ2) is 8.43. The number of pyridine rings is 1. The van der Waals surface area contributed by atoms with Crippen molar-refractivity contribution in [2.24, 2.45) is 0 Å². The van der Waals surface area contributed by atoms with Crippen molar-refractivity contribution in [2.75, 3.05) is 26.8 Å². The Morgan fingerprint density at radius 2 is 2.28 bits per heavy atom. The van der Waals surface area contributed by atoms with E-state index < -0.39 is 0 Å². The summed E-state index contributed by atoms with van der Waals surface area (Å²) in [5.41, 5.74) is 0.826. The van der Waals surface area contributed by atoms with Crippen molar-refractivity contribution in [3.8, 4) is 5.75 Å². The molecule has 1 amide bonds. The lowest BCUT2D eigenvalue weighted by molar-refractivity contribution is -0.121. The summed E-state index contributed by atoms with van der Waals surface area (Å²) >= 11 is 0. The van der Waals surface area contributed by atoms with Gasteiger partial charge in [0, 0.05) is 33.2 Å². The molecule has 6 heteroatoms. The number of nitrogens with zero attached hydrogens (tertiary/aromatic N) is 1. The zero-order valence-corrected chi connectivity index (χ0v) is 10.5. The number of ether oxygens (including phenoxy) is 1. The monoisotopic (exact) mass is 253 g/mol. The van der Waals surface area contributed by atoms with E-state index >= 15 is 0 Å². The van der Waals surface area contributed by atoms with Gasteiger partial charge < -0.3 is 20.5 Å². The van der Waals surface area contributed by atoms with Crippen LogP contribution in [0, 0.1) is 0 Å². The molecule has 0 aliphatic carbocycles. The molecule has 0 atom stereocenters. The van der Waals surface area contributed by atoms with E-state index in [0.717, 1.165) is 5.69 Å². The molecule has 0 saturated carbocycles. The van der Waals surface area contributed by atoms with Gasteiger partial charge in [0.25, 0.3) is 0 Å². The predicted molar refractivity (Wildman–Crippen MR) is 67.1 cm³/mol. The van der Waals surface area contributed by atoms with Gasteiger partial charge in [-0.25, -0.2) is 0 Å². The minimum Gasteiger partial charge on any atom is -0.506 e. The fourth-order valence-electron chi connectivity index (χ4n) is 1.32. The number of carbonyl (C=O) groups excluding carboxylic acids is 1. The maximum Gasteiger partial charge on any atom is 0.221 e. The number of methoxy groups -OCH3 is 1. The molecular formula is C12H19N3O3. The van der Waals surface area contributed by atoms with Crippen molar-refractivity contribution >= 4 is 5.91 Å². The number of carbonyl (C=O) groups is 1. The summed E-state index contributed by atoms with van der Waals surface area (Å²) in [7, 11) is 1.60. The number of hydrogen-bond donors (Lipinski definition) is 3. The molecule has 0 fully saturated rings. The second-order valence-corrected chi connectivity index (χ2v) is 3.78. The molecule has 6 nitrogen and oxygen atoms in total. The molecule has 0 spiro atoms. The van der Waals surface area contributed by atoms with E-state index in [4.69, 9.17) is 9.84 Å². The van der Waals surface area contributed by atoms with Crippen LogP contribution in [0.3, 0.4) is 0 Å². The number of hydrogen-bond acceptors (Lipinski definition) is 5. The highest BCUT2D eigenvalue weighted by Gasteiger charge is 2.00. The maximum absolute atomic E-state index is 11.3. The summed E-state index contributed by atoms with van der Waals surface area (Å²) in [6.45, 7) is 2.22. The van der Waals surface area contributed by atoms with Crippen molar-refractivity contribution in [3.05, 3.63) is 24.0 Å². The standard InChI is InChI=1S/C12H19N3O3/c1-18-7-6-14-12(17)4-5-13-8-10-2-3-11(16)9-15-10/h2-3,9,13,16H,4-8H2,1H3,(H,14,17). The summed E-state index contributed by atoms with van der Waals surface area (Å²) in [5.74, 6) is 0.148. The highest BCUT2D eigenvalue weighted by molar-refractivity contribution is 5.75. The Labute approximate surface area is 106 Å². The first-order valence-corrected chi connectivity index (χ1v) is 5.82. The molecular weight excluding hydrogens is 234 g/mol. The minimum atomic E-state index is -0.00165. The van der Waals surface area contributed by atoms with Crippen molar-refractivity contribution in [1.29, 1.82) is 0 Å². The first kappa shape index (κ1) is 14.4. The van der Waals surface area contributed by atoms with Gasteiger partial charge in [-0.2, -0.15) is 0 Å². The van der Waals surface area contributed by atoms with Crippen LogP contribution in [0.5, 0.6) is 5.75 Å². The summed E-state index contributed by atoms with van der Waals surface area (Å²) in [4.78, 5) is 15.3. The third kappa shape index (κ3) is 6.17. The van der Waals surface area contributed by atoms with E-state index in [1.165, 1.54) is 6.20 Å². The number of amides is 1. The third-order valence-corrected chi connectivity index (χ3v) is 2.27. The van der Waals surface area contributed by atoms with Crippen LogP contribution in [-0.4, -0.2) is 42.8 Å². The van der Waals surface area contributed by atoms with Crippen LogP contribution in [0.2, 0.25) is 0 Å². The maximum atomic E-state index is 11.3. The zero-order valence-electron chi connectivity index (χ0n) is 10.5. The lowest BCUT2D eigenvalue weighted by Gasteiger charge is -2.06. The van der Waals surface area contributed by atoms with Crippen molar-refractivity contribution in [2.45, 2.75) is 13.0 Å². The van der Waals surface area contributed by atoms with Crippen LogP contribution < -0.4 is 10.6 Å². The molecule has 0 radical (unpaired) electrons. The molecule has 3 N–H and O–H groups in total. The van der Waals surface area contributed by atoms with Gasteiger partial charge in [-0.15, -0.1) is 0 Å². The highest BCUT2D eigenvalue weighted by atomic mass is 16.5. The van der Waals surface area contributed by atoms with E-state index in [0.29, 0.717) is 32.7 Å². The smallest absolute Gasteiger partial charge is 0.221 e. The molecule has 100 valence electrons. The van der Waals surface area contributed by atoms with Gasteiger partial charge in [0.15, 0.2) is 0 Å². The first-order chi connectivity index (χ1) is 8.72. The number of rotatable bonds is 8. The van der Waals surface area contributed by atoms with E-state index in [2.05, 4.69) is 15.6 Å². The molecule has 0 saturated heterocycles. The summed E-state index contributed by atoms with van der Waals surface area (Å²) in [6.07, 6.45) is 1.82. The van der Waals surface area contributed by atoms with Crippen LogP contribution in [0.25, 0.3) is 0 Å². The van der Waals surface area contributed by atoms with Crippen LogP contribution in [0.15, 0.2) is 18.3 Å². The molecule has 0 aromatic carbocycles. The van der Waals surface area contributed by atoms with Gasteiger partial charge in [0.2, 0.25) is 5.91 Å².